The second kappa shape index (κ2) is 7.08. The Bertz CT molecular complexity index is 574. The zero-order valence-electron chi connectivity index (χ0n) is 12.4. The van der Waals surface area contributed by atoms with Crippen molar-refractivity contribution < 1.29 is 4.79 Å². The van der Waals surface area contributed by atoms with Crippen LogP contribution in [0.5, 0.6) is 0 Å². The molecule has 0 atom stereocenters. The first-order chi connectivity index (χ1) is 9.70. The number of nitrogens with zero attached hydrogens (tertiary/aromatic N) is 2. The number of amides is 1. The number of hydrogen-bond donors (Lipinski definition) is 1. The zero-order valence-corrected chi connectivity index (χ0v) is 12.4. The highest BCUT2D eigenvalue weighted by atomic mass is 16.1. The molecule has 0 aliphatic rings. The summed E-state index contributed by atoms with van der Waals surface area (Å²) in [5.41, 5.74) is 2.41. The fourth-order valence-electron chi connectivity index (χ4n) is 2.24. The quantitative estimate of drug-likeness (QED) is 0.788. The number of aryl methyl sites for hydroxylation is 2. The molecule has 2 aromatic rings. The fraction of sp³-hybridized carbons (Fsp3) is 0.500. The minimum atomic E-state index is 0.160. The molecule has 1 aromatic carbocycles. The summed E-state index contributed by atoms with van der Waals surface area (Å²) in [5, 5.41) is 8.53. The monoisotopic (exact) mass is 273 g/mol. The average molecular weight is 273 g/mol. The molecule has 0 unspecified atom stereocenters. The van der Waals surface area contributed by atoms with Crippen LogP contribution in [0.15, 0.2) is 24.4 Å². The highest BCUT2D eigenvalue weighted by molar-refractivity contribution is 5.79. The molecule has 20 heavy (non-hydrogen) atoms. The van der Waals surface area contributed by atoms with Crippen molar-refractivity contribution in [2.45, 2.75) is 46.1 Å². The van der Waals surface area contributed by atoms with Crippen LogP contribution in [0, 0.1) is 6.92 Å². The van der Waals surface area contributed by atoms with Crippen LogP contribution < -0.4 is 5.32 Å². The number of rotatable bonds is 7. The third-order valence-corrected chi connectivity index (χ3v) is 3.43. The molecule has 2 rings (SSSR count). The van der Waals surface area contributed by atoms with Crippen molar-refractivity contribution in [3.05, 3.63) is 30.0 Å². The molecular weight excluding hydrogens is 250 g/mol. The van der Waals surface area contributed by atoms with Gasteiger partial charge in [0.25, 0.3) is 0 Å². The van der Waals surface area contributed by atoms with Gasteiger partial charge in [0.1, 0.15) is 0 Å². The average Bonchev–Trinajstić information content (AvgIpc) is 2.83. The van der Waals surface area contributed by atoms with E-state index >= 15 is 0 Å². The van der Waals surface area contributed by atoms with Crippen molar-refractivity contribution in [3.8, 4) is 0 Å². The summed E-state index contributed by atoms with van der Waals surface area (Å²) in [4.78, 5) is 11.5. The zero-order chi connectivity index (χ0) is 14.4. The molecule has 4 nitrogen and oxygen atoms in total. The van der Waals surface area contributed by atoms with Gasteiger partial charge in [-0.2, -0.15) is 5.10 Å². The summed E-state index contributed by atoms with van der Waals surface area (Å²) in [6.45, 7) is 5.74. The number of fused-ring (bicyclic) bond motifs is 1. The Morgan fingerprint density at radius 1 is 1.35 bits per heavy atom. The summed E-state index contributed by atoms with van der Waals surface area (Å²) in [6, 6.07) is 6.35. The summed E-state index contributed by atoms with van der Waals surface area (Å²) >= 11 is 0. The van der Waals surface area contributed by atoms with E-state index in [9.17, 15) is 4.79 Å². The van der Waals surface area contributed by atoms with Crippen molar-refractivity contribution in [2.24, 2.45) is 0 Å². The maximum absolute atomic E-state index is 11.5. The third-order valence-electron chi connectivity index (χ3n) is 3.43. The number of carbonyl (C=O) groups excluding carboxylic acids is 1. The number of nitrogens with one attached hydrogen (secondary N) is 1. The number of unbranched alkanes of at least 4 members (excludes halogenated alkanes) is 1. The highest BCUT2D eigenvalue weighted by Crippen LogP contribution is 2.15. The van der Waals surface area contributed by atoms with E-state index in [2.05, 4.69) is 42.5 Å². The molecule has 108 valence electrons. The van der Waals surface area contributed by atoms with Crippen molar-refractivity contribution in [2.75, 3.05) is 6.54 Å². The van der Waals surface area contributed by atoms with Gasteiger partial charge in [-0.25, -0.2) is 0 Å². The van der Waals surface area contributed by atoms with Gasteiger partial charge in [0, 0.05) is 24.9 Å². The van der Waals surface area contributed by atoms with Gasteiger partial charge in [-0.3, -0.25) is 9.48 Å². The lowest BCUT2D eigenvalue weighted by Gasteiger charge is -2.06. The maximum Gasteiger partial charge on any atom is 0.219 e. The van der Waals surface area contributed by atoms with Gasteiger partial charge in [-0.05, 0) is 31.4 Å². The van der Waals surface area contributed by atoms with Crippen LogP contribution in [0.1, 0.15) is 38.2 Å². The predicted octanol–water partition coefficient (Wildman–Crippen LogP) is 3.04. The molecular formula is C16H23N3O. The van der Waals surface area contributed by atoms with Crippen LogP contribution in [-0.4, -0.2) is 22.2 Å². The Balaban J connectivity index is 1.81. The van der Waals surface area contributed by atoms with Crippen LogP contribution in [-0.2, 0) is 11.3 Å². The van der Waals surface area contributed by atoms with Gasteiger partial charge in [0.15, 0.2) is 0 Å². The van der Waals surface area contributed by atoms with Crippen LogP contribution in [0.4, 0.5) is 0 Å². The Morgan fingerprint density at radius 3 is 3.00 bits per heavy atom. The molecule has 1 aromatic heterocycles. The molecule has 0 saturated carbocycles. The van der Waals surface area contributed by atoms with Crippen molar-refractivity contribution >= 4 is 16.8 Å². The topological polar surface area (TPSA) is 46.9 Å². The molecule has 0 aliphatic carbocycles. The molecule has 0 aliphatic heterocycles. The molecule has 0 bridgehead atoms. The van der Waals surface area contributed by atoms with Crippen molar-refractivity contribution in [1.82, 2.24) is 15.1 Å². The number of benzene rings is 1. The summed E-state index contributed by atoms with van der Waals surface area (Å²) in [5.74, 6) is 0.160. The van der Waals surface area contributed by atoms with Crippen LogP contribution in [0.2, 0.25) is 0 Å². The number of hydrogen-bond acceptors (Lipinski definition) is 2. The van der Waals surface area contributed by atoms with Gasteiger partial charge in [0.2, 0.25) is 5.91 Å². The van der Waals surface area contributed by atoms with Crippen LogP contribution in [0.3, 0.4) is 0 Å². The lowest BCUT2D eigenvalue weighted by atomic mass is 10.2. The second-order valence-corrected chi connectivity index (χ2v) is 5.24. The first-order valence-electron chi connectivity index (χ1n) is 7.39. The smallest absolute Gasteiger partial charge is 0.219 e. The van der Waals surface area contributed by atoms with E-state index in [1.54, 1.807) is 0 Å². The SMILES string of the molecule is CCCCC(=O)NCCCn1ncc2ccc(C)cc21. The number of carbonyl (C=O) groups is 1. The lowest BCUT2D eigenvalue weighted by Crippen LogP contribution is -2.24. The van der Waals surface area contributed by atoms with E-state index in [-0.39, 0.29) is 5.91 Å². The molecule has 1 amide bonds. The molecule has 0 fully saturated rings. The summed E-state index contributed by atoms with van der Waals surface area (Å²) < 4.78 is 2.01. The predicted molar refractivity (Wildman–Crippen MR) is 81.6 cm³/mol. The van der Waals surface area contributed by atoms with E-state index < -0.39 is 0 Å². The Hall–Kier alpha value is -1.84. The lowest BCUT2D eigenvalue weighted by molar-refractivity contribution is -0.121. The van der Waals surface area contributed by atoms with E-state index in [1.165, 1.54) is 16.5 Å². The van der Waals surface area contributed by atoms with Gasteiger partial charge in [-0.15, -0.1) is 0 Å². The fourth-order valence-corrected chi connectivity index (χ4v) is 2.24. The molecule has 1 N–H and O–H groups in total. The summed E-state index contributed by atoms with van der Waals surface area (Å²) in [6.07, 6.45) is 5.47. The standard InChI is InChI=1S/C16H23N3O/c1-3-4-6-16(20)17-9-5-10-19-15-11-13(2)7-8-14(15)12-18-19/h7-8,11-12H,3-6,9-10H2,1-2H3,(H,17,20). The molecule has 0 radical (unpaired) electrons. The number of aromatic nitrogens is 2. The van der Waals surface area contributed by atoms with E-state index in [0.29, 0.717) is 6.42 Å². The largest absolute Gasteiger partial charge is 0.356 e. The van der Waals surface area contributed by atoms with Gasteiger partial charge in [-0.1, -0.05) is 25.5 Å². The minimum Gasteiger partial charge on any atom is -0.356 e. The van der Waals surface area contributed by atoms with Gasteiger partial charge < -0.3 is 5.32 Å². The molecule has 4 heteroatoms. The third kappa shape index (κ3) is 3.83. The normalized spacial score (nSPS) is 10.9. The van der Waals surface area contributed by atoms with E-state index in [0.717, 1.165) is 32.4 Å². The van der Waals surface area contributed by atoms with Crippen molar-refractivity contribution in [1.29, 1.82) is 0 Å². The maximum atomic E-state index is 11.5. The summed E-state index contributed by atoms with van der Waals surface area (Å²) in [7, 11) is 0. The Morgan fingerprint density at radius 2 is 2.20 bits per heavy atom. The van der Waals surface area contributed by atoms with Gasteiger partial charge in [0.05, 0.1) is 11.7 Å². The Labute approximate surface area is 120 Å². The van der Waals surface area contributed by atoms with Crippen molar-refractivity contribution in [3.63, 3.8) is 0 Å². The second-order valence-electron chi connectivity index (χ2n) is 5.24. The van der Waals surface area contributed by atoms with Crippen LogP contribution >= 0.6 is 0 Å². The van der Waals surface area contributed by atoms with E-state index in [1.807, 2.05) is 10.9 Å². The molecule has 0 saturated heterocycles. The highest BCUT2D eigenvalue weighted by Gasteiger charge is 2.03. The van der Waals surface area contributed by atoms with Crippen LogP contribution in [0.25, 0.3) is 10.9 Å². The first kappa shape index (κ1) is 14.6. The molecule has 1 heterocycles. The first-order valence-corrected chi connectivity index (χ1v) is 7.39. The minimum absolute atomic E-state index is 0.160. The molecule has 0 spiro atoms. The van der Waals surface area contributed by atoms with Gasteiger partial charge >= 0.3 is 0 Å². The Kier molecular flexibility index (Phi) is 5.16. The van der Waals surface area contributed by atoms with E-state index in [4.69, 9.17) is 0 Å².